The van der Waals surface area contributed by atoms with Gasteiger partial charge in [-0.25, -0.2) is 0 Å². The summed E-state index contributed by atoms with van der Waals surface area (Å²) in [5, 5.41) is 29.5. The topological polar surface area (TPSA) is 104 Å². The molecule has 2 rings (SSSR count). The summed E-state index contributed by atoms with van der Waals surface area (Å²) in [4.78, 5) is 22.9. The first-order valence-corrected chi connectivity index (χ1v) is 11.5. The number of unbranched alkanes of at least 4 members (excludes halogenated alkanes) is 1. The molecule has 1 aliphatic rings. The van der Waals surface area contributed by atoms with Crippen LogP contribution in [0.3, 0.4) is 0 Å². The maximum absolute atomic E-state index is 12.3. The van der Waals surface area contributed by atoms with Crippen molar-refractivity contribution in [2.75, 3.05) is 13.2 Å². The number of allylic oxidation sites excluding steroid dienone is 2. The highest BCUT2D eigenvalue weighted by molar-refractivity contribution is 5.84. The van der Waals surface area contributed by atoms with Gasteiger partial charge in [0.2, 0.25) is 0 Å². The molecule has 1 aliphatic carbocycles. The quantitative estimate of drug-likeness (QED) is 0.300. The largest absolute Gasteiger partial charge is 0.481 e. The fourth-order valence-electron chi connectivity index (χ4n) is 4.07. The molecule has 176 valence electrons. The zero-order valence-corrected chi connectivity index (χ0v) is 18.9. The molecular weight excluding hydrogens is 408 g/mol. The Bertz CT molecular complexity index is 784. The van der Waals surface area contributed by atoms with Crippen LogP contribution < -0.4 is 0 Å². The molecule has 0 saturated heterocycles. The van der Waals surface area contributed by atoms with Gasteiger partial charge < -0.3 is 20.1 Å². The van der Waals surface area contributed by atoms with Crippen molar-refractivity contribution in [3.8, 4) is 0 Å². The molecule has 0 heterocycles. The third kappa shape index (κ3) is 9.07. The summed E-state index contributed by atoms with van der Waals surface area (Å²) in [5.41, 5.74) is 2.19. The van der Waals surface area contributed by atoms with E-state index in [0.717, 1.165) is 12.0 Å². The molecular formula is C26H36O6. The number of benzene rings is 1. The van der Waals surface area contributed by atoms with Gasteiger partial charge in [0.15, 0.2) is 0 Å². The number of hydrogen-bond donors (Lipinski definition) is 3. The average molecular weight is 445 g/mol. The summed E-state index contributed by atoms with van der Waals surface area (Å²) in [6.45, 7) is 3.34. The number of ether oxygens (including phenoxy) is 1. The number of carboxylic acid groups (broad SMARTS) is 1. The van der Waals surface area contributed by atoms with Crippen molar-refractivity contribution >= 4 is 11.8 Å². The number of carboxylic acids is 1. The number of aliphatic hydroxyl groups is 2. The molecule has 32 heavy (non-hydrogen) atoms. The van der Waals surface area contributed by atoms with Crippen LogP contribution in [0.5, 0.6) is 0 Å². The Labute approximate surface area is 190 Å². The van der Waals surface area contributed by atoms with Crippen LogP contribution in [0.25, 0.3) is 0 Å². The number of carbonyl (C=O) groups excluding carboxylic acids is 1. The zero-order valence-electron chi connectivity index (χ0n) is 18.9. The Hall–Kier alpha value is -2.28. The minimum Gasteiger partial charge on any atom is -0.481 e. The normalized spacial score (nSPS) is 22.2. The van der Waals surface area contributed by atoms with E-state index in [4.69, 9.17) is 9.84 Å². The van der Waals surface area contributed by atoms with E-state index in [2.05, 4.69) is 6.07 Å². The van der Waals surface area contributed by atoms with Gasteiger partial charge in [0.25, 0.3) is 0 Å². The number of Topliss-reactive ketones (excluding diaryl/α,β-unsaturated/α-hetero) is 1. The molecule has 3 N–H and O–H groups in total. The fourth-order valence-corrected chi connectivity index (χ4v) is 4.07. The fraction of sp³-hybridized carbons (Fsp3) is 0.538. The number of rotatable bonds is 14. The number of carbonyl (C=O) groups is 2. The van der Waals surface area contributed by atoms with Crippen LogP contribution in [0.4, 0.5) is 0 Å². The molecule has 4 atom stereocenters. The summed E-state index contributed by atoms with van der Waals surface area (Å²) in [6, 6.07) is 8.07. The van der Waals surface area contributed by atoms with E-state index in [1.54, 1.807) is 12.2 Å². The predicted octanol–water partition coefficient (Wildman–Crippen LogP) is 3.49. The Balaban J connectivity index is 1.88. The van der Waals surface area contributed by atoms with E-state index in [-0.39, 0.29) is 30.5 Å². The van der Waals surface area contributed by atoms with E-state index in [9.17, 15) is 19.8 Å². The van der Waals surface area contributed by atoms with E-state index >= 15 is 0 Å². The third-order valence-corrected chi connectivity index (χ3v) is 5.78. The highest BCUT2D eigenvalue weighted by Gasteiger charge is 2.39. The maximum atomic E-state index is 12.3. The summed E-state index contributed by atoms with van der Waals surface area (Å²) < 4.78 is 5.40. The molecule has 0 aromatic heterocycles. The first-order valence-electron chi connectivity index (χ1n) is 11.5. The van der Waals surface area contributed by atoms with Crippen LogP contribution in [-0.4, -0.2) is 52.5 Å². The summed E-state index contributed by atoms with van der Waals surface area (Å²) in [6.07, 6.45) is 9.09. The lowest BCUT2D eigenvalue weighted by atomic mass is 9.90. The Kier molecular flexibility index (Phi) is 11.4. The van der Waals surface area contributed by atoms with Gasteiger partial charge in [0.1, 0.15) is 5.78 Å². The molecule has 1 aromatic rings. The number of aliphatic carboxylic acids is 1. The zero-order chi connectivity index (χ0) is 23.3. The molecule has 1 fully saturated rings. The Morgan fingerprint density at radius 2 is 2.06 bits per heavy atom. The van der Waals surface area contributed by atoms with Crippen LogP contribution in [-0.2, 0) is 27.2 Å². The molecule has 0 aliphatic heterocycles. The van der Waals surface area contributed by atoms with Crippen molar-refractivity contribution in [3.63, 3.8) is 0 Å². The smallest absolute Gasteiger partial charge is 0.303 e. The second kappa shape index (κ2) is 14.0. The van der Waals surface area contributed by atoms with Crippen LogP contribution in [0.2, 0.25) is 0 Å². The van der Waals surface area contributed by atoms with Crippen molar-refractivity contribution in [1.29, 1.82) is 0 Å². The first kappa shape index (κ1) is 26.0. The van der Waals surface area contributed by atoms with Gasteiger partial charge in [-0.05, 0) is 43.7 Å². The van der Waals surface area contributed by atoms with Crippen LogP contribution in [0, 0.1) is 11.8 Å². The number of ketones is 1. The van der Waals surface area contributed by atoms with Crippen molar-refractivity contribution in [2.24, 2.45) is 11.8 Å². The standard InChI is InChI=1S/C26H36O6/c1-2-32-15-14-19-8-7-9-20(16-19)17-21(27)12-13-23-22(24(28)18-25(23)29)10-5-3-4-6-11-26(30)31/h3,5,7-9,12-13,16,21-23,25,27,29H,2,4,6,10-11,14-15,17-18H2,1H3,(H,30,31)/t21-,22-,23-,25-/m1/s1. The van der Waals surface area contributed by atoms with Gasteiger partial charge in [-0.3, -0.25) is 9.59 Å². The minimum absolute atomic E-state index is 0.0267. The maximum Gasteiger partial charge on any atom is 0.303 e. The van der Waals surface area contributed by atoms with Crippen LogP contribution >= 0.6 is 0 Å². The molecule has 6 heteroatoms. The molecule has 0 radical (unpaired) electrons. The van der Waals surface area contributed by atoms with Gasteiger partial charge in [-0.1, -0.05) is 48.6 Å². The molecule has 1 aromatic carbocycles. The first-order chi connectivity index (χ1) is 15.4. The molecule has 0 spiro atoms. The van der Waals surface area contributed by atoms with Crippen molar-refractivity contribution in [3.05, 3.63) is 59.7 Å². The van der Waals surface area contributed by atoms with Gasteiger partial charge in [-0.2, -0.15) is 0 Å². The second-order valence-electron chi connectivity index (χ2n) is 8.34. The molecule has 1 saturated carbocycles. The number of aliphatic hydroxyl groups excluding tert-OH is 2. The van der Waals surface area contributed by atoms with E-state index in [0.29, 0.717) is 38.9 Å². The lowest BCUT2D eigenvalue weighted by Crippen LogP contribution is -2.19. The molecule has 0 amide bonds. The summed E-state index contributed by atoms with van der Waals surface area (Å²) >= 11 is 0. The highest BCUT2D eigenvalue weighted by Crippen LogP contribution is 2.33. The molecule has 6 nitrogen and oxygen atoms in total. The lowest BCUT2D eigenvalue weighted by Gasteiger charge is -2.17. The predicted molar refractivity (Wildman–Crippen MR) is 123 cm³/mol. The van der Waals surface area contributed by atoms with Crippen LogP contribution in [0.15, 0.2) is 48.6 Å². The molecule has 0 unspecified atom stereocenters. The van der Waals surface area contributed by atoms with E-state index < -0.39 is 18.2 Å². The summed E-state index contributed by atoms with van der Waals surface area (Å²) in [5.74, 6) is -1.42. The number of hydrogen-bond acceptors (Lipinski definition) is 5. The monoisotopic (exact) mass is 444 g/mol. The van der Waals surface area contributed by atoms with Crippen LogP contribution in [0.1, 0.15) is 50.2 Å². The van der Waals surface area contributed by atoms with Crippen molar-refractivity contribution in [1.82, 2.24) is 0 Å². The van der Waals surface area contributed by atoms with E-state index in [1.165, 1.54) is 5.56 Å². The van der Waals surface area contributed by atoms with E-state index in [1.807, 2.05) is 37.3 Å². The lowest BCUT2D eigenvalue weighted by molar-refractivity contribution is -0.137. The highest BCUT2D eigenvalue weighted by atomic mass is 16.5. The van der Waals surface area contributed by atoms with Gasteiger partial charge in [0, 0.05) is 37.7 Å². The van der Waals surface area contributed by atoms with Gasteiger partial charge in [0.05, 0.1) is 18.8 Å². The summed E-state index contributed by atoms with van der Waals surface area (Å²) in [7, 11) is 0. The molecule has 0 bridgehead atoms. The average Bonchev–Trinajstić information content (AvgIpc) is 3.01. The third-order valence-electron chi connectivity index (χ3n) is 5.78. The SMILES string of the molecule is CCOCCc1cccc(C[C@H](O)C=C[C@H]2[C@H](O)CC(=O)[C@@H]2CC=CCCCC(=O)O)c1. The van der Waals surface area contributed by atoms with Crippen molar-refractivity contribution < 1.29 is 29.6 Å². The minimum atomic E-state index is -0.812. The Morgan fingerprint density at radius 1 is 1.28 bits per heavy atom. The van der Waals surface area contributed by atoms with Gasteiger partial charge >= 0.3 is 5.97 Å². The van der Waals surface area contributed by atoms with Gasteiger partial charge in [-0.15, -0.1) is 0 Å². The van der Waals surface area contributed by atoms with Crippen molar-refractivity contribution in [2.45, 2.75) is 64.1 Å². The second-order valence-corrected chi connectivity index (χ2v) is 8.34. The Morgan fingerprint density at radius 3 is 2.81 bits per heavy atom.